The van der Waals surface area contributed by atoms with Crippen LogP contribution >= 0.6 is 0 Å². The Morgan fingerprint density at radius 2 is 1.88 bits per heavy atom. The molecule has 32 heavy (non-hydrogen) atoms. The van der Waals surface area contributed by atoms with Crippen LogP contribution in [0.15, 0.2) is 55.6 Å². The zero-order valence-corrected chi connectivity index (χ0v) is 20.2. The molecule has 0 aliphatic carbocycles. The monoisotopic (exact) mass is 439 g/mol. The topological polar surface area (TPSA) is 53.1 Å². The van der Waals surface area contributed by atoms with Gasteiger partial charge in [0.25, 0.3) is 0 Å². The first-order valence-electron chi connectivity index (χ1n) is 11.4. The van der Waals surface area contributed by atoms with Crippen molar-refractivity contribution in [1.82, 2.24) is 20.2 Å². The molecule has 0 spiro atoms. The average Bonchev–Trinajstić information content (AvgIpc) is 2.80. The summed E-state index contributed by atoms with van der Waals surface area (Å²) in [5.74, 6) is 0. The second kappa shape index (κ2) is 11.8. The lowest BCUT2D eigenvalue weighted by molar-refractivity contribution is 0.103. The molecule has 1 aliphatic heterocycles. The number of hydrogen-bond acceptors (Lipinski definition) is 5. The van der Waals surface area contributed by atoms with Gasteiger partial charge in [0, 0.05) is 67.6 Å². The Balaban J connectivity index is 0.00000176. The molecule has 2 aromatic rings. The van der Waals surface area contributed by atoms with Gasteiger partial charge in [0.05, 0.1) is 11.9 Å². The lowest BCUT2D eigenvalue weighted by Gasteiger charge is -2.35. The number of alkyl halides is 1. The highest BCUT2D eigenvalue weighted by atomic mass is 19.1. The van der Waals surface area contributed by atoms with Crippen molar-refractivity contribution in [1.29, 1.82) is 0 Å². The fourth-order valence-corrected chi connectivity index (χ4v) is 3.88. The molecule has 174 valence electrons. The van der Waals surface area contributed by atoms with E-state index in [0.717, 1.165) is 59.7 Å². The van der Waals surface area contributed by atoms with Gasteiger partial charge in [-0.15, -0.1) is 0 Å². The van der Waals surface area contributed by atoms with E-state index in [0.29, 0.717) is 12.6 Å². The van der Waals surface area contributed by atoms with E-state index < -0.39 is 5.67 Å². The number of likely N-dealkylation sites (tertiary alicyclic amines) is 1. The highest BCUT2D eigenvalue weighted by Gasteiger charge is 2.25. The van der Waals surface area contributed by atoms with E-state index in [2.05, 4.69) is 44.7 Å². The predicted molar refractivity (Wildman–Crippen MR) is 134 cm³/mol. The minimum Gasteiger partial charge on any atom is -0.388 e. The van der Waals surface area contributed by atoms with E-state index in [4.69, 9.17) is 0 Å². The maximum Gasteiger partial charge on any atom is 0.118 e. The third kappa shape index (κ3) is 7.16. The Hall–Kier alpha value is -2.73. The third-order valence-electron chi connectivity index (χ3n) is 5.40. The molecule has 3 rings (SSSR count). The van der Waals surface area contributed by atoms with Crippen molar-refractivity contribution < 1.29 is 4.39 Å². The van der Waals surface area contributed by atoms with Crippen LogP contribution < -0.4 is 10.6 Å². The number of halogens is 1. The molecular weight excluding hydrogens is 401 g/mol. The van der Waals surface area contributed by atoms with Gasteiger partial charge in [-0.05, 0) is 44.4 Å². The van der Waals surface area contributed by atoms with Crippen LogP contribution in [0.3, 0.4) is 0 Å². The van der Waals surface area contributed by atoms with Crippen LogP contribution in [0.5, 0.6) is 0 Å². The molecule has 1 aromatic carbocycles. The maximum atomic E-state index is 13.9. The second-order valence-corrected chi connectivity index (χ2v) is 8.47. The van der Waals surface area contributed by atoms with Gasteiger partial charge in [0.1, 0.15) is 5.67 Å². The summed E-state index contributed by atoms with van der Waals surface area (Å²) < 4.78 is 13.9. The van der Waals surface area contributed by atoms with Crippen molar-refractivity contribution in [3.63, 3.8) is 0 Å². The lowest BCUT2D eigenvalue weighted by atomic mass is 9.97. The van der Waals surface area contributed by atoms with Crippen molar-refractivity contribution in [2.75, 3.05) is 32.0 Å². The summed E-state index contributed by atoms with van der Waals surface area (Å²) in [5.41, 5.74) is 4.26. The molecule has 0 radical (unpaired) electrons. The number of aromatic nitrogens is 2. The Morgan fingerprint density at radius 3 is 2.44 bits per heavy atom. The molecule has 1 fully saturated rings. The standard InChI is InChI=1S/C24H32FN5.C2H6/c1-17(18(2)29-20-8-12-30(13-9-20)16-24(3,4)25)21-14-19(6-7-22(21)26-5)23-15-27-10-11-28-23;1-2/h6-7,10-11,14-15,20,26,29H,1-2,8-9,12-13,16H2,3-5H3;1-2H3. The van der Waals surface area contributed by atoms with Crippen molar-refractivity contribution >= 4 is 11.3 Å². The average molecular weight is 440 g/mol. The number of nitrogens with zero attached hydrogens (tertiary/aromatic N) is 3. The fourth-order valence-electron chi connectivity index (χ4n) is 3.88. The number of piperidine rings is 1. The van der Waals surface area contributed by atoms with Gasteiger partial charge in [0.2, 0.25) is 0 Å². The molecule has 0 bridgehead atoms. The van der Waals surface area contributed by atoms with E-state index in [1.54, 1.807) is 32.4 Å². The van der Waals surface area contributed by atoms with Crippen molar-refractivity contribution in [3.05, 3.63) is 61.2 Å². The maximum absolute atomic E-state index is 13.9. The highest BCUT2D eigenvalue weighted by molar-refractivity contribution is 5.86. The summed E-state index contributed by atoms with van der Waals surface area (Å²) in [6.07, 6.45) is 7.02. The van der Waals surface area contributed by atoms with Gasteiger partial charge in [-0.3, -0.25) is 9.97 Å². The van der Waals surface area contributed by atoms with Crippen LogP contribution in [0, 0.1) is 0 Å². The molecule has 6 heteroatoms. The number of anilines is 1. The zero-order valence-electron chi connectivity index (χ0n) is 20.2. The van der Waals surface area contributed by atoms with Crippen LogP contribution in [0.1, 0.15) is 46.1 Å². The van der Waals surface area contributed by atoms with Crippen LogP contribution in [-0.2, 0) is 0 Å². The summed E-state index contributed by atoms with van der Waals surface area (Å²) in [7, 11) is 1.90. The number of nitrogens with one attached hydrogen (secondary N) is 2. The SMILES string of the molecule is C=C(NC1CCN(CC(C)(C)F)CC1)C(=C)c1cc(-c2cnccn2)ccc1NC.CC. The number of benzene rings is 1. The second-order valence-electron chi connectivity index (χ2n) is 8.47. The lowest BCUT2D eigenvalue weighted by Crippen LogP contribution is -2.45. The first-order valence-corrected chi connectivity index (χ1v) is 11.4. The van der Waals surface area contributed by atoms with Crippen LogP contribution in [0.25, 0.3) is 16.8 Å². The van der Waals surface area contributed by atoms with Gasteiger partial charge < -0.3 is 15.5 Å². The first kappa shape index (κ1) is 25.5. The Bertz CT molecular complexity index is 881. The van der Waals surface area contributed by atoms with E-state index >= 15 is 0 Å². The molecule has 1 aliphatic rings. The molecule has 5 nitrogen and oxygen atoms in total. The van der Waals surface area contributed by atoms with Gasteiger partial charge >= 0.3 is 0 Å². The van der Waals surface area contributed by atoms with E-state index in [1.165, 1.54) is 0 Å². The molecule has 0 amide bonds. The van der Waals surface area contributed by atoms with Crippen molar-refractivity contribution in [2.24, 2.45) is 0 Å². The van der Waals surface area contributed by atoms with Crippen LogP contribution in [-0.4, -0.2) is 53.3 Å². The first-order chi connectivity index (χ1) is 15.3. The van der Waals surface area contributed by atoms with E-state index in [-0.39, 0.29) is 0 Å². The Labute approximate surface area is 192 Å². The van der Waals surface area contributed by atoms with Gasteiger partial charge in [-0.1, -0.05) is 33.1 Å². The summed E-state index contributed by atoms with van der Waals surface area (Å²) in [5, 5.41) is 6.77. The number of rotatable bonds is 8. The Morgan fingerprint density at radius 1 is 1.19 bits per heavy atom. The quantitative estimate of drug-likeness (QED) is 0.529. The van der Waals surface area contributed by atoms with Crippen LogP contribution in [0.4, 0.5) is 10.1 Å². The molecule has 0 saturated carbocycles. The normalized spacial score (nSPS) is 14.8. The van der Waals surface area contributed by atoms with Crippen LogP contribution in [0.2, 0.25) is 0 Å². The summed E-state index contributed by atoms with van der Waals surface area (Å²) in [4.78, 5) is 10.7. The van der Waals surface area contributed by atoms with Gasteiger partial charge in [-0.2, -0.15) is 0 Å². The van der Waals surface area contributed by atoms with Crippen molar-refractivity contribution in [2.45, 2.75) is 52.2 Å². The molecule has 2 heterocycles. The van der Waals surface area contributed by atoms with Gasteiger partial charge in [0.15, 0.2) is 0 Å². The molecule has 0 unspecified atom stereocenters. The number of hydrogen-bond donors (Lipinski definition) is 2. The molecular formula is C26H38FN5. The predicted octanol–water partition coefficient (Wildman–Crippen LogP) is 5.54. The van der Waals surface area contributed by atoms with E-state index in [1.807, 2.05) is 33.0 Å². The molecule has 1 aromatic heterocycles. The Kier molecular flexibility index (Phi) is 9.39. The summed E-state index contributed by atoms with van der Waals surface area (Å²) in [6, 6.07) is 6.42. The fraction of sp³-hybridized carbons (Fsp3) is 0.462. The van der Waals surface area contributed by atoms with Gasteiger partial charge in [-0.25, -0.2) is 4.39 Å². The third-order valence-corrected chi connectivity index (χ3v) is 5.40. The summed E-state index contributed by atoms with van der Waals surface area (Å²) in [6.45, 7) is 18.1. The minimum absolute atomic E-state index is 0.314. The number of allylic oxidation sites excluding steroid dienone is 1. The molecule has 0 atom stereocenters. The highest BCUT2D eigenvalue weighted by Crippen LogP contribution is 2.31. The minimum atomic E-state index is -1.16. The molecule has 2 N–H and O–H groups in total. The summed E-state index contributed by atoms with van der Waals surface area (Å²) >= 11 is 0. The largest absolute Gasteiger partial charge is 0.388 e. The van der Waals surface area contributed by atoms with Crippen molar-refractivity contribution in [3.8, 4) is 11.3 Å². The smallest absolute Gasteiger partial charge is 0.118 e. The zero-order chi connectivity index (χ0) is 23.7. The van der Waals surface area contributed by atoms with E-state index in [9.17, 15) is 4.39 Å². The molecule has 1 saturated heterocycles.